The number of fused-ring (bicyclic) bond motifs is 1. The number of H-pyrrole nitrogens is 1. The van der Waals surface area contributed by atoms with Crippen molar-refractivity contribution < 1.29 is 39.3 Å². The molecule has 2 aromatic rings. The van der Waals surface area contributed by atoms with Gasteiger partial charge in [-0.2, -0.15) is 4.98 Å². The van der Waals surface area contributed by atoms with Gasteiger partial charge in [-0.1, -0.05) is 0 Å². The molecule has 0 spiro atoms. The summed E-state index contributed by atoms with van der Waals surface area (Å²) < 4.78 is 0. The Morgan fingerprint density at radius 3 is 2.24 bits per heavy atom. The molecule has 17 heteroatoms. The van der Waals surface area contributed by atoms with Gasteiger partial charge in [-0.3, -0.25) is 19.4 Å². The molecule has 0 saturated heterocycles. The number of carbonyl (C=O) groups excluding carboxylic acids is 5. The molecule has 1 aromatic carbocycles. The van der Waals surface area contributed by atoms with Crippen LogP contribution in [-0.4, -0.2) is 78.0 Å². The SMILES string of the molecule is CN1c2c(nc(N)[nH]c2=O)NC[C@@H]1CNc1ccc(C(=O)N[C@@H](CCC(=O)[O-])C(=O)N[C@@H](CCC(=O)[O-])C(=O)[O-])cc1. The fourth-order valence-electron chi connectivity index (χ4n) is 4.21. The number of amides is 2. The lowest BCUT2D eigenvalue weighted by Crippen LogP contribution is -2.54. The summed E-state index contributed by atoms with van der Waals surface area (Å²) in [6.45, 7) is 0.871. The van der Waals surface area contributed by atoms with Crippen LogP contribution in [0.2, 0.25) is 0 Å². The maximum atomic E-state index is 12.8. The van der Waals surface area contributed by atoms with Crippen molar-refractivity contribution in [2.75, 3.05) is 41.4 Å². The molecule has 3 atom stereocenters. The summed E-state index contributed by atoms with van der Waals surface area (Å²) in [5.41, 5.74) is 6.30. The second kappa shape index (κ2) is 13.8. The average molecular weight is 586 g/mol. The predicted molar refractivity (Wildman–Crippen MR) is 142 cm³/mol. The number of aromatic amines is 1. The molecule has 7 N–H and O–H groups in total. The van der Waals surface area contributed by atoms with Crippen molar-refractivity contribution >= 4 is 52.9 Å². The Hall–Kier alpha value is -5.35. The van der Waals surface area contributed by atoms with Crippen LogP contribution in [0.25, 0.3) is 0 Å². The number of hydrogen-bond acceptors (Lipinski definition) is 14. The number of likely N-dealkylation sites (N-methyl/N-ethyl adjacent to an activating group) is 1. The minimum atomic E-state index is -1.76. The first kappa shape index (κ1) is 31.2. The number of nitrogens with zero attached hydrogens (tertiary/aromatic N) is 2. The summed E-state index contributed by atoms with van der Waals surface area (Å²) in [6, 6.07) is 2.76. The zero-order chi connectivity index (χ0) is 31.0. The minimum absolute atomic E-state index is 0.00135. The third-order valence-electron chi connectivity index (χ3n) is 6.50. The molecule has 0 unspecified atom stereocenters. The molecular weight excluding hydrogens is 556 g/mol. The molecule has 0 fully saturated rings. The van der Waals surface area contributed by atoms with Gasteiger partial charge in [0.05, 0.1) is 18.1 Å². The van der Waals surface area contributed by atoms with Crippen molar-refractivity contribution in [1.82, 2.24) is 20.6 Å². The minimum Gasteiger partial charge on any atom is -0.550 e. The van der Waals surface area contributed by atoms with Gasteiger partial charge in [-0.25, -0.2) is 0 Å². The van der Waals surface area contributed by atoms with E-state index in [4.69, 9.17) is 5.73 Å². The van der Waals surface area contributed by atoms with Crippen LogP contribution in [0.3, 0.4) is 0 Å². The Kier molecular flexibility index (Phi) is 10.3. The molecular formula is C25H29N8O9-3. The number of aliphatic carboxylic acids is 3. The second-order valence-electron chi connectivity index (χ2n) is 9.48. The fourth-order valence-corrected chi connectivity index (χ4v) is 4.21. The fraction of sp³-hybridized carbons (Fsp3) is 0.400. The number of nitrogens with two attached hydrogens (primary N) is 1. The molecule has 0 bridgehead atoms. The van der Waals surface area contributed by atoms with Crippen LogP contribution < -0.4 is 52.8 Å². The Bertz CT molecular complexity index is 1400. The topological polar surface area (TPSA) is 278 Å². The van der Waals surface area contributed by atoms with Crippen LogP contribution in [0, 0.1) is 0 Å². The molecule has 0 saturated carbocycles. The first-order valence-electron chi connectivity index (χ1n) is 12.8. The molecule has 0 aliphatic carbocycles. The summed E-state index contributed by atoms with van der Waals surface area (Å²) in [5.74, 6) is -6.21. The van der Waals surface area contributed by atoms with Crippen LogP contribution >= 0.6 is 0 Å². The van der Waals surface area contributed by atoms with Crippen LogP contribution in [0.1, 0.15) is 36.0 Å². The van der Waals surface area contributed by atoms with E-state index in [0.29, 0.717) is 30.3 Å². The molecule has 2 heterocycles. The van der Waals surface area contributed by atoms with Crippen LogP contribution in [0.4, 0.5) is 23.1 Å². The van der Waals surface area contributed by atoms with E-state index in [2.05, 4.69) is 31.2 Å². The van der Waals surface area contributed by atoms with E-state index in [0.717, 1.165) is 0 Å². The first-order valence-corrected chi connectivity index (χ1v) is 12.8. The van der Waals surface area contributed by atoms with Gasteiger partial charge in [0.15, 0.2) is 5.82 Å². The smallest absolute Gasteiger partial charge is 0.278 e. The highest BCUT2D eigenvalue weighted by Crippen LogP contribution is 2.25. The normalized spacial score (nSPS) is 15.4. The molecule has 1 aliphatic rings. The number of benzene rings is 1. The number of carboxylic acids is 3. The highest BCUT2D eigenvalue weighted by atomic mass is 16.4. The summed E-state index contributed by atoms with van der Waals surface area (Å²) in [4.78, 5) is 79.0. The molecule has 226 valence electrons. The lowest BCUT2D eigenvalue weighted by atomic mass is 10.1. The highest BCUT2D eigenvalue weighted by molar-refractivity contribution is 5.98. The molecule has 17 nitrogen and oxygen atoms in total. The number of rotatable bonds is 14. The van der Waals surface area contributed by atoms with E-state index < -0.39 is 67.5 Å². The summed E-state index contributed by atoms with van der Waals surface area (Å²) in [6.07, 6.45) is -2.26. The molecule has 0 radical (unpaired) electrons. The zero-order valence-electron chi connectivity index (χ0n) is 22.4. The second-order valence-corrected chi connectivity index (χ2v) is 9.48. The van der Waals surface area contributed by atoms with Gasteiger partial charge < -0.3 is 61.6 Å². The van der Waals surface area contributed by atoms with E-state index in [9.17, 15) is 44.1 Å². The van der Waals surface area contributed by atoms with Gasteiger partial charge in [0.1, 0.15) is 11.7 Å². The first-order chi connectivity index (χ1) is 19.8. The van der Waals surface area contributed by atoms with Gasteiger partial charge in [-0.15, -0.1) is 0 Å². The Balaban J connectivity index is 1.62. The van der Waals surface area contributed by atoms with E-state index in [1.54, 1.807) is 24.1 Å². The van der Waals surface area contributed by atoms with Crippen LogP contribution in [-0.2, 0) is 19.2 Å². The Labute approximate surface area is 238 Å². The highest BCUT2D eigenvalue weighted by Gasteiger charge is 2.27. The number of carbonyl (C=O) groups is 5. The molecule has 1 aromatic heterocycles. The van der Waals surface area contributed by atoms with E-state index in [1.807, 2.05) is 0 Å². The predicted octanol–water partition coefficient (Wildman–Crippen LogP) is -4.91. The van der Waals surface area contributed by atoms with Gasteiger partial charge >= 0.3 is 0 Å². The summed E-state index contributed by atoms with van der Waals surface area (Å²) in [5, 5.41) is 43.6. The van der Waals surface area contributed by atoms with Gasteiger partial charge in [0.25, 0.3) is 11.5 Å². The lowest BCUT2D eigenvalue weighted by Gasteiger charge is -2.35. The van der Waals surface area contributed by atoms with Gasteiger partial charge in [0.2, 0.25) is 11.9 Å². The molecule has 2 amide bonds. The zero-order valence-corrected chi connectivity index (χ0v) is 22.4. The monoisotopic (exact) mass is 585 g/mol. The average Bonchev–Trinajstić information content (AvgIpc) is 2.92. The van der Waals surface area contributed by atoms with Gasteiger partial charge in [0, 0.05) is 43.3 Å². The standard InChI is InChI=1S/C25H32N8O9/c1-33-14(11-28-20-19(33)23(40)32-25(26)31-20)10-27-13-4-2-12(3-5-13)21(38)29-15(6-8-17(34)35)22(39)30-16(24(41)42)7-9-18(36)37/h2-5,14-16,27H,6-11H2,1H3,(H,29,38)(H,30,39)(H,34,35)(H,36,37)(H,41,42)(H4,26,28,31,32,40)/p-3/t14-,15-,16-/m0/s1. The number of nitrogen functional groups attached to an aromatic ring is 1. The number of carboxylic acid groups (broad SMARTS) is 3. The molecule has 42 heavy (non-hydrogen) atoms. The van der Waals surface area contributed by atoms with Crippen molar-refractivity contribution in [3.63, 3.8) is 0 Å². The lowest BCUT2D eigenvalue weighted by molar-refractivity contribution is -0.310. The maximum absolute atomic E-state index is 12.8. The Morgan fingerprint density at radius 2 is 1.64 bits per heavy atom. The quantitative estimate of drug-likeness (QED) is 0.121. The third kappa shape index (κ3) is 8.33. The maximum Gasteiger partial charge on any atom is 0.278 e. The van der Waals surface area contributed by atoms with Crippen molar-refractivity contribution in [2.24, 2.45) is 0 Å². The molecule has 3 rings (SSSR count). The largest absolute Gasteiger partial charge is 0.550 e. The summed E-state index contributed by atoms with van der Waals surface area (Å²) >= 11 is 0. The molecule has 1 aliphatic heterocycles. The van der Waals surface area contributed by atoms with Gasteiger partial charge in [-0.05, 0) is 49.9 Å². The third-order valence-corrected chi connectivity index (χ3v) is 6.50. The summed E-state index contributed by atoms with van der Waals surface area (Å²) in [7, 11) is 1.75. The number of anilines is 4. The van der Waals surface area contributed by atoms with Crippen LogP contribution in [0.5, 0.6) is 0 Å². The van der Waals surface area contributed by atoms with Crippen molar-refractivity contribution in [3.8, 4) is 0 Å². The van der Waals surface area contributed by atoms with E-state index >= 15 is 0 Å². The Morgan fingerprint density at radius 1 is 1.02 bits per heavy atom. The van der Waals surface area contributed by atoms with Crippen molar-refractivity contribution in [2.45, 2.75) is 43.8 Å². The number of nitrogens with one attached hydrogen (secondary N) is 5. The van der Waals surface area contributed by atoms with Crippen molar-refractivity contribution in [3.05, 3.63) is 40.2 Å². The van der Waals surface area contributed by atoms with E-state index in [1.165, 1.54) is 12.1 Å². The van der Waals surface area contributed by atoms with E-state index in [-0.39, 0.29) is 23.1 Å². The van der Waals surface area contributed by atoms with Crippen molar-refractivity contribution in [1.29, 1.82) is 0 Å². The number of aromatic nitrogens is 2. The number of hydrogen-bond donors (Lipinski definition) is 6. The van der Waals surface area contributed by atoms with Crippen LogP contribution in [0.15, 0.2) is 29.1 Å².